The predicted molar refractivity (Wildman–Crippen MR) is 152 cm³/mol. The maximum absolute atomic E-state index is 13.8. The van der Waals surface area contributed by atoms with Crippen LogP contribution in [0, 0.1) is 5.92 Å². The molecule has 0 spiro atoms. The van der Waals surface area contributed by atoms with Gasteiger partial charge in [0.25, 0.3) is 0 Å². The number of carboxylic acid groups (broad SMARTS) is 1. The summed E-state index contributed by atoms with van der Waals surface area (Å²) in [5.41, 5.74) is 1.71. The van der Waals surface area contributed by atoms with Gasteiger partial charge in [0.2, 0.25) is 11.8 Å². The fourth-order valence-corrected chi connectivity index (χ4v) is 4.79. The largest absolute Gasteiger partial charge is 0.478 e. The number of nitrogens with zero attached hydrogens (tertiary/aromatic N) is 1. The summed E-state index contributed by atoms with van der Waals surface area (Å²) < 4.78 is 0. The van der Waals surface area contributed by atoms with E-state index in [9.17, 15) is 19.5 Å². The van der Waals surface area contributed by atoms with E-state index in [-0.39, 0.29) is 23.3 Å². The lowest BCUT2D eigenvalue weighted by molar-refractivity contribution is -0.138. The Morgan fingerprint density at radius 3 is 2.05 bits per heavy atom. The molecule has 0 saturated heterocycles. The van der Waals surface area contributed by atoms with E-state index >= 15 is 0 Å². The molecule has 7 heteroatoms. The number of carbonyl (C=O) groups excluding carboxylic acids is 2. The van der Waals surface area contributed by atoms with Crippen LogP contribution in [0.15, 0.2) is 72.3 Å². The zero-order valence-electron chi connectivity index (χ0n) is 23.7. The standard InChI is InChI=1S/C31H43N3O4/c1-21(2)26(20-22(3)30(37)38)34(7)29(36)25(19-18-23-14-10-8-11-15-23)33-28(35)27(32-6)31(4,5)24-16-12-9-13-17-24/h8-17,20-21,25-27,32H,18-19H2,1-7H3,(H,33,35)(H,37,38)/b22-20+/t25-,26+,27+/m0/s1. The molecule has 0 fully saturated rings. The second-order valence-corrected chi connectivity index (χ2v) is 10.7. The number of hydrogen-bond donors (Lipinski definition) is 3. The van der Waals surface area contributed by atoms with Crippen LogP contribution < -0.4 is 10.6 Å². The maximum atomic E-state index is 13.8. The minimum absolute atomic E-state index is 0.0224. The van der Waals surface area contributed by atoms with Crippen molar-refractivity contribution in [2.24, 2.45) is 5.92 Å². The molecule has 3 atom stereocenters. The van der Waals surface area contributed by atoms with Gasteiger partial charge < -0.3 is 20.6 Å². The Bertz CT molecular complexity index is 1100. The summed E-state index contributed by atoms with van der Waals surface area (Å²) in [6.45, 7) is 9.41. The summed E-state index contributed by atoms with van der Waals surface area (Å²) in [6, 6.07) is 17.8. The number of aliphatic carboxylic acids is 1. The number of aryl methyl sites for hydroxylation is 1. The van der Waals surface area contributed by atoms with Gasteiger partial charge >= 0.3 is 5.97 Å². The maximum Gasteiger partial charge on any atom is 0.331 e. The number of carbonyl (C=O) groups is 3. The molecule has 2 rings (SSSR count). The van der Waals surface area contributed by atoms with E-state index in [1.807, 2.05) is 88.4 Å². The van der Waals surface area contributed by atoms with Gasteiger partial charge in [-0.3, -0.25) is 9.59 Å². The minimum Gasteiger partial charge on any atom is -0.478 e. The zero-order valence-corrected chi connectivity index (χ0v) is 23.7. The summed E-state index contributed by atoms with van der Waals surface area (Å²) in [7, 11) is 3.42. The monoisotopic (exact) mass is 521 g/mol. The number of hydrogen-bond acceptors (Lipinski definition) is 4. The van der Waals surface area contributed by atoms with E-state index in [0.29, 0.717) is 12.8 Å². The third-order valence-corrected chi connectivity index (χ3v) is 7.21. The van der Waals surface area contributed by atoms with Gasteiger partial charge in [-0.2, -0.15) is 0 Å². The molecule has 0 aliphatic rings. The van der Waals surface area contributed by atoms with Crippen molar-refractivity contribution in [2.45, 2.75) is 71.0 Å². The number of rotatable bonds is 13. The molecule has 38 heavy (non-hydrogen) atoms. The van der Waals surface area contributed by atoms with Crippen LogP contribution in [0.2, 0.25) is 0 Å². The number of nitrogens with one attached hydrogen (secondary N) is 2. The highest BCUT2D eigenvalue weighted by atomic mass is 16.4. The molecule has 0 radical (unpaired) electrons. The highest BCUT2D eigenvalue weighted by Crippen LogP contribution is 2.27. The van der Waals surface area contributed by atoms with Gasteiger partial charge in [-0.25, -0.2) is 4.79 Å². The van der Waals surface area contributed by atoms with Crippen molar-refractivity contribution >= 4 is 17.8 Å². The second-order valence-electron chi connectivity index (χ2n) is 10.7. The summed E-state index contributed by atoms with van der Waals surface area (Å²) >= 11 is 0. The first-order valence-electron chi connectivity index (χ1n) is 13.2. The number of likely N-dealkylation sites (N-methyl/N-ethyl adjacent to an activating group) is 2. The van der Waals surface area contributed by atoms with Crippen LogP contribution in [-0.2, 0) is 26.2 Å². The van der Waals surface area contributed by atoms with E-state index in [4.69, 9.17) is 0 Å². The quantitative estimate of drug-likeness (QED) is 0.344. The van der Waals surface area contributed by atoms with Crippen molar-refractivity contribution in [3.05, 3.63) is 83.4 Å². The van der Waals surface area contributed by atoms with E-state index < -0.39 is 29.5 Å². The van der Waals surface area contributed by atoms with Crippen molar-refractivity contribution in [1.82, 2.24) is 15.5 Å². The third kappa shape index (κ3) is 8.02. The molecule has 2 aromatic rings. The van der Waals surface area contributed by atoms with Gasteiger partial charge in [0.05, 0.1) is 12.1 Å². The fourth-order valence-electron chi connectivity index (χ4n) is 4.79. The number of carboxylic acids is 1. The average molecular weight is 522 g/mol. The number of amides is 2. The predicted octanol–water partition coefficient (Wildman–Crippen LogP) is 4.18. The normalized spacial score (nSPS) is 14.5. The van der Waals surface area contributed by atoms with Crippen LogP contribution in [0.25, 0.3) is 0 Å². The second kappa shape index (κ2) is 13.9. The molecule has 0 aliphatic carbocycles. The number of benzene rings is 2. The Kier molecular flexibility index (Phi) is 11.3. The van der Waals surface area contributed by atoms with E-state index in [1.165, 1.54) is 6.92 Å². The van der Waals surface area contributed by atoms with Crippen LogP contribution in [0.5, 0.6) is 0 Å². The Morgan fingerprint density at radius 1 is 1.00 bits per heavy atom. The first kappa shape index (κ1) is 30.8. The van der Waals surface area contributed by atoms with Crippen molar-refractivity contribution in [2.75, 3.05) is 14.1 Å². The van der Waals surface area contributed by atoms with Gasteiger partial charge in [-0.1, -0.05) is 94.4 Å². The molecule has 0 unspecified atom stereocenters. The van der Waals surface area contributed by atoms with Crippen molar-refractivity contribution in [3.8, 4) is 0 Å². The summed E-state index contributed by atoms with van der Waals surface area (Å²) in [5.74, 6) is -1.56. The van der Waals surface area contributed by atoms with Crippen molar-refractivity contribution in [1.29, 1.82) is 0 Å². The summed E-state index contributed by atoms with van der Waals surface area (Å²) in [4.78, 5) is 40.6. The van der Waals surface area contributed by atoms with Crippen LogP contribution in [0.3, 0.4) is 0 Å². The molecule has 0 aromatic heterocycles. The third-order valence-electron chi connectivity index (χ3n) is 7.21. The van der Waals surface area contributed by atoms with Crippen molar-refractivity contribution in [3.63, 3.8) is 0 Å². The molecular weight excluding hydrogens is 478 g/mol. The molecule has 206 valence electrons. The van der Waals surface area contributed by atoms with Crippen LogP contribution >= 0.6 is 0 Å². The zero-order chi connectivity index (χ0) is 28.5. The Morgan fingerprint density at radius 2 is 1.55 bits per heavy atom. The molecule has 2 aromatic carbocycles. The smallest absolute Gasteiger partial charge is 0.331 e. The highest BCUT2D eigenvalue weighted by Gasteiger charge is 2.38. The molecule has 3 N–H and O–H groups in total. The first-order valence-corrected chi connectivity index (χ1v) is 13.2. The van der Waals surface area contributed by atoms with Gasteiger partial charge in [0, 0.05) is 18.0 Å². The molecule has 2 amide bonds. The fraction of sp³-hybridized carbons (Fsp3) is 0.452. The minimum atomic E-state index is -1.02. The highest BCUT2D eigenvalue weighted by molar-refractivity contribution is 5.91. The molecule has 0 aliphatic heterocycles. The molecule has 0 saturated carbocycles. The topological polar surface area (TPSA) is 98.7 Å². The van der Waals surface area contributed by atoms with E-state index in [1.54, 1.807) is 25.1 Å². The van der Waals surface area contributed by atoms with E-state index in [0.717, 1.165) is 11.1 Å². The van der Waals surface area contributed by atoms with Gasteiger partial charge in [0.1, 0.15) is 6.04 Å². The summed E-state index contributed by atoms with van der Waals surface area (Å²) in [5, 5.41) is 15.6. The lowest BCUT2D eigenvalue weighted by atomic mass is 9.77. The van der Waals surface area contributed by atoms with Gasteiger partial charge in [0.15, 0.2) is 0 Å². The lowest BCUT2D eigenvalue weighted by Gasteiger charge is -2.36. The van der Waals surface area contributed by atoms with Crippen molar-refractivity contribution < 1.29 is 19.5 Å². The summed E-state index contributed by atoms with van der Waals surface area (Å²) in [6.07, 6.45) is 2.62. The van der Waals surface area contributed by atoms with Gasteiger partial charge in [-0.05, 0) is 43.9 Å². The van der Waals surface area contributed by atoms with E-state index in [2.05, 4.69) is 10.6 Å². The Balaban J connectivity index is 2.36. The van der Waals surface area contributed by atoms with Crippen LogP contribution in [0.4, 0.5) is 0 Å². The Labute approximate surface area is 227 Å². The first-order chi connectivity index (χ1) is 17.9. The average Bonchev–Trinajstić information content (AvgIpc) is 2.89. The molecule has 7 nitrogen and oxygen atoms in total. The SMILES string of the molecule is CN[C@H](C(=O)N[C@@H](CCc1ccccc1)C(=O)N(C)[C@H](/C=C(\C)C(=O)O)C(C)C)C(C)(C)c1ccccc1. The lowest BCUT2D eigenvalue weighted by Crippen LogP contribution is -2.58. The Hall–Kier alpha value is -3.45. The van der Waals surface area contributed by atoms with Gasteiger partial charge in [-0.15, -0.1) is 0 Å². The molecule has 0 heterocycles. The van der Waals surface area contributed by atoms with Crippen LogP contribution in [-0.4, -0.2) is 60.0 Å². The molecule has 0 bridgehead atoms. The van der Waals surface area contributed by atoms with Crippen LogP contribution in [0.1, 0.15) is 52.2 Å². The molecular formula is C31H43N3O4.